The van der Waals surface area contributed by atoms with Crippen molar-refractivity contribution in [2.24, 2.45) is 0 Å². The summed E-state index contributed by atoms with van der Waals surface area (Å²) in [6.07, 6.45) is 3.30. The predicted molar refractivity (Wildman–Crippen MR) is 37.7 cm³/mol. The van der Waals surface area contributed by atoms with Crippen molar-refractivity contribution in [3.05, 3.63) is 17.8 Å². The lowest BCUT2D eigenvalue weighted by Crippen LogP contribution is -2.19. The number of hydrogen-bond acceptors (Lipinski definition) is 4. The van der Waals surface area contributed by atoms with E-state index in [-0.39, 0.29) is 5.76 Å². The van der Waals surface area contributed by atoms with Gasteiger partial charge >= 0.3 is 5.91 Å². The van der Waals surface area contributed by atoms with Crippen molar-refractivity contribution < 1.29 is 14.4 Å². The summed E-state index contributed by atoms with van der Waals surface area (Å²) in [5, 5.41) is 8.35. The summed E-state index contributed by atoms with van der Waals surface area (Å²) < 4.78 is 4.84. The third-order valence-corrected chi connectivity index (χ3v) is 1.87. The van der Waals surface area contributed by atoms with Gasteiger partial charge in [-0.05, 0) is 12.8 Å². The van der Waals surface area contributed by atoms with Crippen LogP contribution in [-0.4, -0.2) is 16.1 Å². The zero-order valence-corrected chi connectivity index (χ0v) is 6.28. The van der Waals surface area contributed by atoms with Gasteiger partial charge in [-0.3, -0.25) is 10.0 Å². The first-order valence-corrected chi connectivity index (χ1v) is 3.70. The molecule has 0 spiro atoms. The first-order chi connectivity index (χ1) is 5.83. The molecule has 1 aliphatic carbocycles. The van der Waals surface area contributed by atoms with Crippen LogP contribution in [0, 0.1) is 0 Å². The molecule has 0 atom stereocenters. The molecule has 0 aromatic carbocycles. The fraction of sp³-hybridized carbons (Fsp3) is 0.429. The maximum Gasteiger partial charge on any atom is 0.312 e. The number of amides is 1. The van der Waals surface area contributed by atoms with Crippen molar-refractivity contribution in [3.8, 4) is 0 Å². The van der Waals surface area contributed by atoms with Crippen molar-refractivity contribution in [1.82, 2.24) is 10.5 Å². The molecule has 1 amide bonds. The average molecular weight is 168 g/mol. The Morgan fingerprint density at radius 3 is 3.08 bits per heavy atom. The Morgan fingerprint density at radius 1 is 1.75 bits per heavy atom. The van der Waals surface area contributed by atoms with Gasteiger partial charge in [0, 0.05) is 5.92 Å². The van der Waals surface area contributed by atoms with E-state index in [0.717, 1.165) is 12.8 Å². The largest absolute Gasteiger partial charge is 0.438 e. The summed E-state index contributed by atoms with van der Waals surface area (Å²) in [5.74, 6) is -0.162. The van der Waals surface area contributed by atoms with E-state index in [1.807, 2.05) is 0 Å². The van der Waals surface area contributed by atoms with E-state index < -0.39 is 5.91 Å². The summed E-state index contributed by atoms with van der Waals surface area (Å²) >= 11 is 0. The lowest BCUT2D eigenvalue weighted by atomic mass is 10.2. The maximum atomic E-state index is 10.9. The number of rotatable bonds is 2. The molecule has 1 saturated carbocycles. The zero-order valence-electron chi connectivity index (χ0n) is 6.28. The van der Waals surface area contributed by atoms with Crippen LogP contribution in [0.5, 0.6) is 0 Å². The second kappa shape index (κ2) is 2.60. The molecule has 5 nitrogen and oxygen atoms in total. The van der Waals surface area contributed by atoms with Gasteiger partial charge in [-0.15, -0.1) is 0 Å². The molecule has 0 aliphatic heterocycles. The van der Waals surface area contributed by atoms with Gasteiger partial charge in [0.05, 0.1) is 5.69 Å². The SMILES string of the molecule is O=C(NO)c1ocnc1C1CC1. The van der Waals surface area contributed by atoms with Gasteiger partial charge in [-0.2, -0.15) is 0 Å². The molecule has 1 fully saturated rings. The van der Waals surface area contributed by atoms with Crippen LogP contribution in [0.25, 0.3) is 0 Å². The standard InChI is InChI=1S/C7H8N2O3/c10-7(9-11)6-5(4-1-2-4)8-3-12-6/h3-4,11H,1-2H2,(H,9,10). The van der Waals surface area contributed by atoms with Crippen molar-refractivity contribution in [1.29, 1.82) is 0 Å². The second-order valence-electron chi connectivity index (χ2n) is 2.78. The Bertz CT molecular complexity index is 303. The van der Waals surface area contributed by atoms with Crippen LogP contribution in [0.4, 0.5) is 0 Å². The summed E-state index contributed by atoms with van der Waals surface area (Å²) in [6.45, 7) is 0. The smallest absolute Gasteiger partial charge is 0.312 e. The minimum atomic E-state index is -0.630. The lowest BCUT2D eigenvalue weighted by Gasteiger charge is -1.94. The van der Waals surface area contributed by atoms with Crippen LogP contribution in [-0.2, 0) is 0 Å². The molecule has 64 valence electrons. The van der Waals surface area contributed by atoms with Crippen molar-refractivity contribution in [3.63, 3.8) is 0 Å². The zero-order chi connectivity index (χ0) is 8.55. The van der Waals surface area contributed by atoms with Gasteiger partial charge in [0.15, 0.2) is 6.39 Å². The van der Waals surface area contributed by atoms with Gasteiger partial charge in [0.1, 0.15) is 0 Å². The van der Waals surface area contributed by atoms with Crippen LogP contribution >= 0.6 is 0 Å². The normalized spacial score (nSPS) is 16.1. The molecule has 5 heteroatoms. The van der Waals surface area contributed by atoms with E-state index in [1.54, 1.807) is 0 Å². The molecular weight excluding hydrogens is 160 g/mol. The molecule has 2 N–H and O–H groups in total. The maximum absolute atomic E-state index is 10.9. The molecule has 0 saturated heterocycles. The highest BCUT2D eigenvalue weighted by atomic mass is 16.5. The highest BCUT2D eigenvalue weighted by Gasteiger charge is 2.31. The van der Waals surface area contributed by atoms with Gasteiger partial charge in [-0.1, -0.05) is 0 Å². The quantitative estimate of drug-likeness (QED) is 0.502. The van der Waals surface area contributed by atoms with Crippen molar-refractivity contribution in [2.45, 2.75) is 18.8 Å². The van der Waals surface area contributed by atoms with Gasteiger partial charge in [-0.25, -0.2) is 10.5 Å². The second-order valence-corrected chi connectivity index (χ2v) is 2.78. The number of nitrogens with zero attached hydrogens (tertiary/aromatic N) is 1. The number of oxazole rings is 1. The molecule has 1 heterocycles. The highest BCUT2D eigenvalue weighted by Crippen LogP contribution is 2.40. The number of carbonyl (C=O) groups is 1. The number of carbonyl (C=O) groups excluding carboxylic acids is 1. The molecule has 0 bridgehead atoms. The topological polar surface area (TPSA) is 75.4 Å². The number of aromatic nitrogens is 1. The summed E-state index contributed by atoms with van der Waals surface area (Å²) in [4.78, 5) is 14.8. The van der Waals surface area contributed by atoms with Crippen LogP contribution in [0.1, 0.15) is 35.0 Å². The van der Waals surface area contributed by atoms with E-state index in [4.69, 9.17) is 9.62 Å². The molecule has 1 aromatic rings. The Labute approximate surface area is 68.4 Å². The van der Waals surface area contributed by atoms with Crippen LogP contribution < -0.4 is 5.48 Å². The Balaban J connectivity index is 2.29. The Hall–Kier alpha value is -1.36. The number of nitrogens with one attached hydrogen (secondary N) is 1. The Morgan fingerprint density at radius 2 is 2.50 bits per heavy atom. The van der Waals surface area contributed by atoms with E-state index in [2.05, 4.69) is 4.98 Å². The van der Waals surface area contributed by atoms with E-state index in [0.29, 0.717) is 11.6 Å². The summed E-state index contributed by atoms with van der Waals surface area (Å²) in [5.41, 5.74) is 2.17. The fourth-order valence-corrected chi connectivity index (χ4v) is 1.12. The monoisotopic (exact) mass is 168 g/mol. The Kier molecular flexibility index (Phi) is 1.58. The van der Waals surface area contributed by atoms with Gasteiger partial charge in [0.2, 0.25) is 5.76 Å². The number of hydroxylamine groups is 1. The number of hydrogen-bond donors (Lipinski definition) is 2. The molecule has 1 aliphatic rings. The molecule has 0 radical (unpaired) electrons. The van der Waals surface area contributed by atoms with Crippen LogP contribution in [0.3, 0.4) is 0 Å². The third kappa shape index (κ3) is 1.08. The molecule has 12 heavy (non-hydrogen) atoms. The van der Waals surface area contributed by atoms with E-state index in [1.165, 1.54) is 11.9 Å². The first-order valence-electron chi connectivity index (χ1n) is 3.70. The predicted octanol–water partition coefficient (Wildman–Crippen LogP) is 0.671. The van der Waals surface area contributed by atoms with Gasteiger partial charge < -0.3 is 4.42 Å². The minimum Gasteiger partial charge on any atom is -0.438 e. The van der Waals surface area contributed by atoms with Crippen molar-refractivity contribution >= 4 is 5.91 Å². The fourth-order valence-electron chi connectivity index (χ4n) is 1.12. The molecule has 0 unspecified atom stereocenters. The van der Waals surface area contributed by atoms with Gasteiger partial charge in [0.25, 0.3) is 0 Å². The lowest BCUT2D eigenvalue weighted by molar-refractivity contribution is 0.0674. The van der Waals surface area contributed by atoms with E-state index in [9.17, 15) is 4.79 Å². The third-order valence-electron chi connectivity index (χ3n) is 1.87. The van der Waals surface area contributed by atoms with Crippen LogP contribution in [0.15, 0.2) is 10.8 Å². The van der Waals surface area contributed by atoms with E-state index >= 15 is 0 Å². The first kappa shape index (κ1) is 7.30. The summed E-state index contributed by atoms with van der Waals surface area (Å²) in [6, 6.07) is 0. The molecule has 1 aromatic heterocycles. The molecular formula is C7H8N2O3. The average Bonchev–Trinajstić information content (AvgIpc) is 2.83. The minimum absolute atomic E-state index is 0.125. The molecule has 2 rings (SSSR count). The summed E-state index contributed by atoms with van der Waals surface area (Å²) in [7, 11) is 0. The van der Waals surface area contributed by atoms with Crippen molar-refractivity contribution in [2.75, 3.05) is 0 Å². The van der Waals surface area contributed by atoms with Crippen LogP contribution in [0.2, 0.25) is 0 Å². The highest BCUT2D eigenvalue weighted by molar-refractivity contribution is 5.91.